The van der Waals surface area contributed by atoms with E-state index < -0.39 is 11.6 Å². The second kappa shape index (κ2) is 8.84. The third-order valence-electron chi connectivity index (χ3n) is 5.29. The molecule has 0 saturated carbocycles. The van der Waals surface area contributed by atoms with Crippen LogP contribution in [0.15, 0.2) is 52.9 Å². The topological polar surface area (TPSA) is 38.5 Å². The van der Waals surface area contributed by atoms with E-state index in [1.54, 1.807) is 0 Å². The van der Waals surface area contributed by atoms with Gasteiger partial charge in [-0.1, -0.05) is 30.3 Å². The normalized spacial score (nSPS) is 15.7. The molecule has 1 aliphatic heterocycles. The molecule has 0 atom stereocenters. The number of rotatable bonds is 6. The summed E-state index contributed by atoms with van der Waals surface area (Å²) in [6, 6.07) is 13.6. The lowest BCUT2D eigenvalue weighted by molar-refractivity contribution is -0.00418. The number of likely N-dealkylation sites (tertiary alicyclic amines) is 1. The van der Waals surface area contributed by atoms with Gasteiger partial charge in [0.25, 0.3) is 0 Å². The number of oxazole rings is 1. The molecule has 2 aromatic carbocycles. The Morgan fingerprint density at radius 3 is 2.59 bits per heavy atom. The molecule has 0 unspecified atom stereocenters. The van der Waals surface area contributed by atoms with Crippen molar-refractivity contribution in [3.05, 3.63) is 77.2 Å². The molecule has 2 heterocycles. The maximum absolute atomic E-state index is 14.0. The highest BCUT2D eigenvalue weighted by molar-refractivity contribution is 5.54. The van der Waals surface area contributed by atoms with Crippen LogP contribution in [-0.4, -0.2) is 29.1 Å². The third kappa shape index (κ3) is 4.89. The Morgan fingerprint density at radius 2 is 1.86 bits per heavy atom. The molecule has 1 aliphatic rings. The van der Waals surface area contributed by atoms with E-state index in [9.17, 15) is 8.78 Å². The molecule has 1 saturated heterocycles. The maximum Gasteiger partial charge on any atom is 0.229 e. The fraction of sp³-hybridized carbons (Fsp3) is 0.348. The summed E-state index contributed by atoms with van der Waals surface area (Å²) in [5, 5.41) is 0. The molecule has 0 spiro atoms. The van der Waals surface area contributed by atoms with Crippen molar-refractivity contribution in [1.29, 1.82) is 0 Å². The van der Waals surface area contributed by atoms with Crippen LogP contribution >= 0.6 is 0 Å². The van der Waals surface area contributed by atoms with Crippen LogP contribution in [0.1, 0.15) is 29.9 Å². The number of halogens is 2. The summed E-state index contributed by atoms with van der Waals surface area (Å²) in [4.78, 5) is 6.76. The Morgan fingerprint density at radius 1 is 1.10 bits per heavy atom. The number of benzene rings is 2. The first-order valence-electron chi connectivity index (χ1n) is 9.88. The molecule has 0 N–H and O–H groups in total. The van der Waals surface area contributed by atoms with Crippen LogP contribution in [0.25, 0.3) is 11.5 Å². The van der Waals surface area contributed by atoms with Crippen molar-refractivity contribution in [3.8, 4) is 11.5 Å². The summed E-state index contributed by atoms with van der Waals surface area (Å²) in [5.41, 5.74) is 2.15. The van der Waals surface area contributed by atoms with Crippen molar-refractivity contribution in [2.24, 2.45) is 0 Å². The van der Waals surface area contributed by atoms with Gasteiger partial charge >= 0.3 is 0 Å². The van der Waals surface area contributed by atoms with E-state index >= 15 is 0 Å². The summed E-state index contributed by atoms with van der Waals surface area (Å²) in [5.74, 6) is -0.441. The number of hydrogen-bond acceptors (Lipinski definition) is 4. The van der Waals surface area contributed by atoms with E-state index in [0.29, 0.717) is 18.9 Å². The van der Waals surface area contributed by atoms with Crippen molar-refractivity contribution in [3.63, 3.8) is 0 Å². The zero-order valence-corrected chi connectivity index (χ0v) is 16.4. The molecular weight excluding hydrogens is 374 g/mol. The predicted octanol–water partition coefficient (Wildman–Crippen LogP) is 5.11. The Bertz CT molecular complexity index is 951. The fourth-order valence-electron chi connectivity index (χ4n) is 3.59. The third-order valence-corrected chi connectivity index (χ3v) is 5.29. The number of aromatic nitrogens is 1. The molecule has 0 radical (unpaired) electrons. The fourth-order valence-corrected chi connectivity index (χ4v) is 3.59. The van der Waals surface area contributed by atoms with E-state index in [-0.39, 0.29) is 17.6 Å². The van der Waals surface area contributed by atoms with E-state index in [1.165, 1.54) is 17.7 Å². The highest BCUT2D eigenvalue weighted by Crippen LogP contribution is 2.26. The Kier molecular flexibility index (Phi) is 6.02. The molecule has 4 nitrogen and oxygen atoms in total. The number of piperidine rings is 1. The average Bonchev–Trinajstić information content (AvgIpc) is 3.08. The molecule has 152 valence electrons. The van der Waals surface area contributed by atoms with E-state index in [1.807, 2.05) is 25.1 Å². The summed E-state index contributed by atoms with van der Waals surface area (Å²) in [7, 11) is 0. The van der Waals surface area contributed by atoms with Gasteiger partial charge in [-0.3, -0.25) is 4.90 Å². The van der Waals surface area contributed by atoms with Crippen molar-refractivity contribution in [2.75, 3.05) is 13.1 Å². The smallest absolute Gasteiger partial charge is 0.229 e. The molecule has 6 heteroatoms. The van der Waals surface area contributed by atoms with Gasteiger partial charge in [0.2, 0.25) is 5.89 Å². The van der Waals surface area contributed by atoms with Crippen LogP contribution in [-0.2, 0) is 17.9 Å². The average molecular weight is 398 g/mol. The predicted molar refractivity (Wildman–Crippen MR) is 106 cm³/mol. The zero-order chi connectivity index (χ0) is 20.2. The van der Waals surface area contributed by atoms with Gasteiger partial charge in [0.1, 0.15) is 17.4 Å². The lowest BCUT2D eigenvalue weighted by Crippen LogP contribution is -2.36. The van der Waals surface area contributed by atoms with Crippen molar-refractivity contribution >= 4 is 0 Å². The number of ether oxygens (including phenoxy) is 1. The van der Waals surface area contributed by atoms with Gasteiger partial charge < -0.3 is 9.15 Å². The van der Waals surface area contributed by atoms with Crippen molar-refractivity contribution < 1.29 is 17.9 Å². The molecule has 29 heavy (non-hydrogen) atoms. The minimum absolute atomic E-state index is 0.175. The number of aryl methyl sites for hydroxylation is 1. The van der Waals surface area contributed by atoms with Crippen LogP contribution in [0.4, 0.5) is 8.78 Å². The van der Waals surface area contributed by atoms with E-state index in [2.05, 4.69) is 22.0 Å². The Labute approximate surface area is 169 Å². The van der Waals surface area contributed by atoms with Gasteiger partial charge in [-0.2, -0.15) is 0 Å². The summed E-state index contributed by atoms with van der Waals surface area (Å²) >= 11 is 0. The first-order valence-corrected chi connectivity index (χ1v) is 9.88. The van der Waals surface area contributed by atoms with Gasteiger partial charge in [0.15, 0.2) is 0 Å². The van der Waals surface area contributed by atoms with Crippen LogP contribution in [0.5, 0.6) is 0 Å². The van der Waals surface area contributed by atoms with E-state index in [0.717, 1.165) is 37.7 Å². The molecule has 4 rings (SSSR count). The molecule has 1 fully saturated rings. The molecular formula is C23H24F2N2O2. The number of hydrogen-bond donors (Lipinski definition) is 0. The second-order valence-electron chi connectivity index (χ2n) is 7.42. The Hall–Kier alpha value is -2.57. The SMILES string of the molecule is Cc1oc(-c2ccc(F)cc2F)nc1CN1CCC(OCc2ccccc2)CC1. The lowest BCUT2D eigenvalue weighted by Gasteiger charge is -2.31. The molecule has 3 aromatic rings. The van der Waals surface area contributed by atoms with Crippen LogP contribution in [0.3, 0.4) is 0 Å². The summed E-state index contributed by atoms with van der Waals surface area (Å²) in [6.07, 6.45) is 2.18. The van der Waals surface area contributed by atoms with Crippen molar-refractivity contribution in [2.45, 2.75) is 39.0 Å². The Balaban J connectivity index is 1.32. The largest absolute Gasteiger partial charge is 0.441 e. The zero-order valence-electron chi connectivity index (χ0n) is 16.4. The molecule has 0 aliphatic carbocycles. The van der Waals surface area contributed by atoms with Crippen LogP contribution in [0.2, 0.25) is 0 Å². The minimum atomic E-state index is -0.672. The second-order valence-corrected chi connectivity index (χ2v) is 7.42. The summed E-state index contributed by atoms with van der Waals surface area (Å²) in [6.45, 7) is 4.92. The summed E-state index contributed by atoms with van der Waals surface area (Å²) < 4.78 is 38.8. The first kappa shape index (κ1) is 19.7. The minimum Gasteiger partial charge on any atom is -0.441 e. The lowest BCUT2D eigenvalue weighted by atomic mass is 10.1. The molecule has 1 aromatic heterocycles. The molecule has 0 amide bonds. The highest BCUT2D eigenvalue weighted by atomic mass is 19.1. The molecule has 0 bridgehead atoms. The van der Waals surface area contributed by atoms with Gasteiger partial charge in [-0.25, -0.2) is 13.8 Å². The number of nitrogens with zero attached hydrogens (tertiary/aromatic N) is 2. The quantitative estimate of drug-likeness (QED) is 0.578. The van der Waals surface area contributed by atoms with Gasteiger partial charge in [-0.05, 0) is 37.5 Å². The van der Waals surface area contributed by atoms with Crippen LogP contribution in [0, 0.1) is 18.6 Å². The highest BCUT2D eigenvalue weighted by Gasteiger charge is 2.22. The monoisotopic (exact) mass is 398 g/mol. The standard InChI is InChI=1S/C23H24F2N2O2/c1-16-22(26-23(29-16)20-8-7-18(24)13-21(20)25)14-27-11-9-19(10-12-27)28-15-17-5-3-2-4-6-17/h2-8,13,19H,9-12,14-15H2,1H3. The maximum atomic E-state index is 14.0. The van der Waals surface area contributed by atoms with Gasteiger partial charge in [0.05, 0.1) is 24.0 Å². The van der Waals surface area contributed by atoms with Gasteiger partial charge in [-0.15, -0.1) is 0 Å². The van der Waals surface area contributed by atoms with Crippen molar-refractivity contribution in [1.82, 2.24) is 9.88 Å². The first-order chi connectivity index (χ1) is 14.1. The van der Waals surface area contributed by atoms with Crippen LogP contribution < -0.4 is 0 Å². The van der Waals surface area contributed by atoms with E-state index in [4.69, 9.17) is 9.15 Å². The van der Waals surface area contributed by atoms with Gasteiger partial charge in [0, 0.05) is 25.7 Å².